The Morgan fingerprint density at radius 3 is 2.30 bits per heavy atom. The first-order chi connectivity index (χ1) is 9.72. The molecule has 0 radical (unpaired) electrons. The van der Waals surface area contributed by atoms with Gasteiger partial charge in [-0.1, -0.05) is 47.6 Å². The van der Waals surface area contributed by atoms with E-state index in [0.717, 1.165) is 26.8 Å². The fourth-order valence-corrected chi connectivity index (χ4v) is 2.81. The van der Waals surface area contributed by atoms with E-state index in [2.05, 4.69) is 9.97 Å². The largest absolute Gasteiger partial charge is 0.381 e. The molecule has 0 saturated carbocycles. The number of aromatic nitrogens is 2. The van der Waals surface area contributed by atoms with Gasteiger partial charge in [0.2, 0.25) is 0 Å². The molecule has 5 heteroatoms. The molecule has 0 aliphatic carbocycles. The Bertz CT molecular complexity index is 744. The average molecular weight is 302 g/mol. The molecule has 0 atom stereocenters. The van der Waals surface area contributed by atoms with E-state index < -0.39 is 0 Å². The van der Waals surface area contributed by atoms with E-state index in [1.165, 1.54) is 5.56 Å². The second-order valence-corrected chi connectivity index (χ2v) is 5.72. The summed E-state index contributed by atoms with van der Waals surface area (Å²) in [4.78, 5) is 8.93. The molecule has 0 amide bonds. The fraction of sp³-hybridized carbons (Fsp3) is 0.0667. The predicted octanol–water partition coefficient (Wildman–Crippen LogP) is 4.16. The molecule has 0 unspecified atom stereocenters. The van der Waals surface area contributed by atoms with E-state index in [1.54, 1.807) is 11.8 Å². The van der Waals surface area contributed by atoms with Gasteiger partial charge in [-0.3, -0.25) is 0 Å². The van der Waals surface area contributed by atoms with Crippen LogP contribution in [0.4, 0.5) is 5.82 Å². The average Bonchev–Trinajstić information content (AvgIpc) is 2.47. The van der Waals surface area contributed by atoms with Crippen molar-refractivity contribution in [1.82, 2.24) is 9.97 Å². The molecule has 2 aromatic carbocycles. The Morgan fingerprint density at radius 2 is 1.60 bits per heavy atom. The monoisotopic (exact) mass is 301 g/mol. The normalized spacial score (nSPS) is 10.8. The maximum atomic E-state index is 5.96. The predicted molar refractivity (Wildman–Crippen MR) is 85.0 cm³/mol. The number of nitrogen functional groups attached to an aromatic ring is 1. The molecule has 3 nitrogen and oxygen atoms in total. The molecule has 0 aliphatic rings. The summed E-state index contributed by atoms with van der Waals surface area (Å²) >= 11 is 7.45. The van der Waals surface area contributed by atoms with Crippen LogP contribution in [0, 0.1) is 0 Å². The number of fused-ring (bicyclic) bond motifs is 1. The van der Waals surface area contributed by atoms with Gasteiger partial charge in [0.15, 0.2) is 5.82 Å². The van der Waals surface area contributed by atoms with E-state index >= 15 is 0 Å². The molecule has 0 fully saturated rings. The van der Waals surface area contributed by atoms with Crippen LogP contribution < -0.4 is 5.73 Å². The van der Waals surface area contributed by atoms with E-state index in [1.807, 2.05) is 48.5 Å². The Balaban J connectivity index is 1.83. The summed E-state index contributed by atoms with van der Waals surface area (Å²) in [7, 11) is 0. The van der Waals surface area contributed by atoms with Crippen LogP contribution in [-0.4, -0.2) is 9.97 Å². The molecular weight excluding hydrogens is 290 g/mol. The minimum absolute atomic E-state index is 0.475. The molecule has 0 bridgehead atoms. The fourth-order valence-electron chi connectivity index (χ4n) is 1.84. The van der Waals surface area contributed by atoms with Gasteiger partial charge in [0, 0.05) is 10.8 Å². The molecule has 1 heterocycles. The summed E-state index contributed by atoms with van der Waals surface area (Å²) in [6, 6.07) is 15.5. The lowest BCUT2D eigenvalue weighted by Crippen LogP contribution is -1.97. The summed E-state index contributed by atoms with van der Waals surface area (Å²) < 4.78 is 0. The van der Waals surface area contributed by atoms with Gasteiger partial charge >= 0.3 is 0 Å². The van der Waals surface area contributed by atoms with Gasteiger partial charge in [0.05, 0.1) is 11.0 Å². The highest BCUT2D eigenvalue weighted by Crippen LogP contribution is 2.27. The lowest BCUT2D eigenvalue weighted by Gasteiger charge is -2.06. The summed E-state index contributed by atoms with van der Waals surface area (Å²) in [5, 5.41) is 1.50. The van der Waals surface area contributed by atoms with E-state index in [0.29, 0.717) is 5.82 Å². The molecule has 0 spiro atoms. The van der Waals surface area contributed by atoms with E-state index in [9.17, 15) is 0 Å². The van der Waals surface area contributed by atoms with Gasteiger partial charge in [0.25, 0.3) is 0 Å². The van der Waals surface area contributed by atoms with Crippen molar-refractivity contribution in [3.05, 3.63) is 59.1 Å². The van der Waals surface area contributed by atoms with Gasteiger partial charge in [-0.25, -0.2) is 9.97 Å². The van der Waals surface area contributed by atoms with Crippen molar-refractivity contribution < 1.29 is 0 Å². The van der Waals surface area contributed by atoms with Crippen LogP contribution >= 0.6 is 23.4 Å². The molecule has 100 valence electrons. The van der Waals surface area contributed by atoms with Crippen LogP contribution in [0.2, 0.25) is 5.02 Å². The standard InChI is InChI=1S/C15H12ClN3S/c16-11-7-5-10(6-8-11)9-20-15-14(17)18-12-3-1-2-4-13(12)19-15/h1-8H,9H2,(H2,17,18). The number of nitrogens with two attached hydrogens (primary N) is 1. The number of nitrogens with zero attached hydrogens (tertiary/aromatic N) is 2. The molecule has 20 heavy (non-hydrogen) atoms. The van der Waals surface area contributed by atoms with Crippen LogP contribution in [0.25, 0.3) is 11.0 Å². The van der Waals surface area contributed by atoms with Crippen LogP contribution in [-0.2, 0) is 5.75 Å². The first-order valence-electron chi connectivity index (χ1n) is 6.12. The van der Waals surface area contributed by atoms with E-state index in [4.69, 9.17) is 17.3 Å². The zero-order valence-corrected chi connectivity index (χ0v) is 12.2. The molecular formula is C15H12ClN3S. The third-order valence-corrected chi connectivity index (χ3v) is 4.16. The third kappa shape index (κ3) is 2.86. The Hall–Kier alpha value is -1.78. The van der Waals surface area contributed by atoms with Crippen LogP contribution in [0.3, 0.4) is 0 Å². The molecule has 2 N–H and O–H groups in total. The highest BCUT2D eigenvalue weighted by molar-refractivity contribution is 7.98. The van der Waals surface area contributed by atoms with Gasteiger partial charge in [-0.2, -0.15) is 0 Å². The highest BCUT2D eigenvalue weighted by Gasteiger charge is 2.06. The maximum Gasteiger partial charge on any atom is 0.156 e. The van der Waals surface area contributed by atoms with Crippen molar-refractivity contribution in [2.24, 2.45) is 0 Å². The van der Waals surface area contributed by atoms with Gasteiger partial charge in [-0.15, -0.1) is 0 Å². The van der Waals surface area contributed by atoms with Crippen LogP contribution in [0.1, 0.15) is 5.56 Å². The summed E-state index contributed by atoms with van der Waals surface area (Å²) in [5.74, 6) is 1.26. The molecule has 0 saturated heterocycles. The quantitative estimate of drug-likeness (QED) is 0.738. The van der Waals surface area contributed by atoms with Gasteiger partial charge < -0.3 is 5.73 Å². The van der Waals surface area contributed by atoms with Crippen LogP contribution in [0.5, 0.6) is 0 Å². The summed E-state index contributed by atoms with van der Waals surface area (Å²) in [5.41, 5.74) is 8.82. The topological polar surface area (TPSA) is 51.8 Å². The van der Waals surface area contributed by atoms with Crippen LogP contribution in [0.15, 0.2) is 53.6 Å². The number of halogens is 1. The van der Waals surface area contributed by atoms with Crippen molar-refractivity contribution in [1.29, 1.82) is 0 Å². The van der Waals surface area contributed by atoms with Gasteiger partial charge in [-0.05, 0) is 29.8 Å². The maximum absolute atomic E-state index is 5.96. The van der Waals surface area contributed by atoms with Gasteiger partial charge in [0.1, 0.15) is 5.03 Å². The Morgan fingerprint density at radius 1 is 0.950 bits per heavy atom. The first kappa shape index (κ1) is 13.2. The minimum atomic E-state index is 0.475. The van der Waals surface area contributed by atoms with Crippen molar-refractivity contribution in [3.63, 3.8) is 0 Å². The van der Waals surface area contributed by atoms with Crippen molar-refractivity contribution in [2.45, 2.75) is 10.8 Å². The molecule has 3 aromatic rings. The lowest BCUT2D eigenvalue weighted by molar-refractivity contribution is 1.13. The van der Waals surface area contributed by atoms with Crippen molar-refractivity contribution >= 4 is 40.2 Å². The number of hydrogen-bond acceptors (Lipinski definition) is 4. The number of benzene rings is 2. The zero-order valence-electron chi connectivity index (χ0n) is 10.6. The summed E-state index contributed by atoms with van der Waals surface area (Å²) in [6.07, 6.45) is 0. The molecule has 0 aliphatic heterocycles. The SMILES string of the molecule is Nc1nc2ccccc2nc1SCc1ccc(Cl)cc1. The van der Waals surface area contributed by atoms with Crippen molar-refractivity contribution in [3.8, 4) is 0 Å². The third-order valence-electron chi connectivity index (χ3n) is 2.85. The summed E-state index contributed by atoms with van der Waals surface area (Å²) in [6.45, 7) is 0. The molecule has 3 rings (SSSR count). The molecule has 1 aromatic heterocycles. The number of thioether (sulfide) groups is 1. The zero-order chi connectivity index (χ0) is 13.9. The Kier molecular flexibility index (Phi) is 3.76. The number of rotatable bonds is 3. The smallest absolute Gasteiger partial charge is 0.156 e. The Labute approximate surface area is 126 Å². The highest BCUT2D eigenvalue weighted by atomic mass is 35.5. The second-order valence-electron chi connectivity index (χ2n) is 4.32. The number of para-hydroxylation sites is 2. The number of hydrogen-bond donors (Lipinski definition) is 1. The lowest BCUT2D eigenvalue weighted by atomic mass is 10.2. The number of anilines is 1. The first-order valence-corrected chi connectivity index (χ1v) is 7.48. The minimum Gasteiger partial charge on any atom is -0.381 e. The van der Waals surface area contributed by atoms with Crippen molar-refractivity contribution in [2.75, 3.05) is 5.73 Å². The second kappa shape index (κ2) is 5.69. The van der Waals surface area contributed by atoms with E-state index in [-0.39, 0.29) is 0 Å².